The number of thioether (sulfide) groups is 1. The third kappa shape index (κ3) is 6.14. The number of nitrogens with zero attached hydrogens (tertiary/aromatic N) is 2. The zero-order valence-corrected chi connectivity index (χ0v) is 18.0. The maximum absolute atomic E-state index is 13.2. The first-order valence-corrected chi connectivity index (χ1v) is 11.4. The monoisotopic (exact) mass is 444 g/mol. The summed E-state index contributed by atoms with van der Waals surface area (Å²) < 4.78 is 18.1. The molecular formula is C22H21FN2O3S2. The summed E-state index contributed by atoms with van der Waals surface area (Å²) in [7, 11) is 0. The Morgan fingerprint density at radius 3 is 2.53 bits per heavy atom. The van der Waals surface area contributed by atoms with E-state index in [1.54, 1.807) is 24.0 Å². The van der Waals surface area contributed by atoms with Gasteiger partial charge in [-0.1, -0.05) is 30.3 Å². The first-order chi connectivity index (χ1) is 14.6. The van der Waals surface area contributed by atoms with Gasteiger partial charge >= 0.3 is 5.97 Å². The van der Waals surface area contributed by atoms with E-state index < -0.39 is 0 Å². The zero-order valence-electron chi connectivity index (χ0n) is 16.4. The zero-order chi connectivity index (χ0) is 21.3. The second kappa shape index (κ2) is 10.9. The van der Waals surface area contributed by atoms with Crippen LogP contribution in [0.1, 0.15) is 12.5 Å². The number of halogens is 1. The van der Waals surface area contributed by atoms with Crippen molar-refractivity contribution in [1.29, 1.82) is 0 Å². The van der Waals surface area contributed by atoms with E-state index in [0.717, 1.165) is 11.1 Å². The lowest BCUT2D eigenvalue weighted by atomic mass is 10.2. The molecule has 0 aliphatic rings. The molecule has 3 aromatic rings. The second-order valence-electron chi connectivity index (χ2n) is 6.29. The topological polar surface area (TPSA) is 59.5 Å². The molecule has 0 saturated heterocycles. The van der Waals surface area contributed by atoms with Crippen LogP contribution in [0.5, 0.6) is 0 Å². The number of rotatable bonds is 9. The molecular weight excluding hydrogens is 423 g/mol. The summed E-state index contributed by atoms with van der Waals surface area (Å²) >= 11 is 2.57. The average Bonchev–Trinajstić information content (AvgIpc) is 3.23. The molecule has 0 aliphatic heterocycles. The van der Waals surface area contributed by atoms with Crippen LogP contribution in [0.2, 0.25) is 0 Å². The van der Waals surface area contributed by atoms with E-state index in [2.05, 4.69) is 4.98 Å². The van der Waals surface area contributed by atoms with Gasteiger partial charge in [0.25, 0.3) is 0 Å². The third-order valence-corrected chi connectivity index (χ3v) is 5.85. The van der Waals surface area contributed by atoms with E-state index in [4.69, 9.17) is 4.74 Å². The summed E-state index contributed by atoms with van der Waals surface area (Å²) in [6, 6.07) is 15.7. The lowest BCUT2D eigenvalue weighted by molar-refractivity contribution is -0.139. The standard InChI is InChI=1S/C22H21FN2O3S2/c1-2-28-21(27)15-29-14-20(26)25(12-16-6-4-3-5-7-16)22-24-19(13-30-22)17-8-10-18(23)11-9-17/h3-11,13H,2,12,14-15H2,1H3. The van der Waals surface area contributed by atoms with Gasteiger partial charge in [-0.25, -0.2) is 9.37 Å². The van der Waals surface area contributed by atoms with Gasteiger partial charge in [0.05, 0.1) is 30.4 Å². The average molecular weight is 445 g/mol. The number of esters is 1. The fourth-order valence-electron chi connectivity index (χ4n) is 2.67. The van der Waals surface area contributed by atoms with E-state index in [9.17, 15) is 14.0 Å². The number of carbonyl (C=O) groups excluding carboxylic acids is 2. The lowest BCUT2D eigenvalue weighted by Crippen LogP contribution is -2.32. The van der Waals surface area contributed by atoms with Crippen LogP contribution < -0.4 is 4.90 Å². The van der Waals surface area contributed by atoms with Crippen LogP contribution in [-0.4, -0.2) is 35.0 Å². The number of benzene rings is 2. The van der Waals surface area contributed by atoms with Crippen LogP contribution in [0.4, 0.5) is 9.52 Å². The van der Waals surface area contributed by atoms with Crippen LogP contribution in [0.3, 0.4) is 0 Å². The van der Waals surface area contributed by atoms with Gasteiger partial charge in [-0.2, -0.15) is 0 Å². The number of thiazole rings is 1. The summed E-state index contributed by atoms with van der Waals surface area (Å²) in [5.74, 6) is -0.534. The highest BCUT2D eigenvalue weighted by Gasteiger charge is 2.20. The molecule has 30 heavy (non-hydrogen) atoms. The second-order valence-corrected chi connectivity index (χ2v) is 8.11. The Morgan fingerprint density at radius 1 is 1.10 bits per heavy atom. The largest absolute Gasteiger partial charge is 0.465 e. The van der Waals surface area contributed by atoms with Crippen molar-refractivity contribution in [3.05, 3.63) is 71.4 Å². The van der Waals surface area contributed by atoms with Crippen molar-refractivity contribution in [3.63, 3.8) is 0 Å². The van der Waals surface area contributed by atoms with E-state index in [-0.39, 0.29) is 29.2 Å². The van der Waals surface area contributed by atoms with Gasteiger partial charge in [0.1, 0.15) is 5.82 Å². The number of anilines is 1. The van der Waals surface area contributed by atoms with Crippen molar-refractivity contribution in [1.82, 2.24) is 4.98 Å². The van der Waals surface area contributed by atoms with Gasteiger partial charge in [-0.15, -0.1) is 23.1 Å². The molecule has 0 spiro atoms. The molecule has 5 nitrogen and oxygen atoms in total. The van der Waals surface area contributed by atoms with E-state index in [1.165, 1.54) is 35.2 Å². The molecule has 0 fully saturated rings. The van der Waals surface area contributed by atoms with Gasteiger partial charge in [0.2, 0.25) is 5.91 Å². The molecule has 1 amide bonds. The molecule has 1 aromatic heterocycles. The smallest absolute Gasteiger partial charge is 0.315 e. The number of hydrogen-bond donors (Lipinski definition) is 0. The normalized spacial score (nSPS) is 10.6. The molecule has 8 heteroatoms. The predicted octanol–water partition coefficient (Wildman–Crippen LogP) is 4.78. The molecule has 3 rings (SSSR count). The molecule has 0 saturated carbocycles. The molecule has 0 N–H and O–H groups in total. The van der Waals surface area contributed by atoms with Gasteiger partial charge in [-0.05, 0) is 36.8 Å². The Hall–Kier alpha value is -2.71. The third-order valence-electron chi connectivity index (χ3n) is 4.10. The van der Waals surface area contributed by atoms with Crippen molar-refractivity contribution < 1.29 is 18.7 Å². The highest BCUT2D eigenvalue weighted by Crippen LogP contribution is 2.29. The summed E-state index contributed by atoms with van der Waals surface area (Å²) in [5, 5.41) is 2.40. The molecule has 0 atom stereocenters. The maximum Gasteiger partial charge on any atom is 0.315 e. The maximum atomic E-state index is 13.2. The number of ether oxygens (including phenoxy) is 1. The number of hydrogen-bond acceptors (Lipinski definition) is 6. The minimum atomic E-state index is -0.335. The molecule has 2 aromatic carbocycles. The van der Waals surface area contributed by atoms with Gasteiger partial charge in [0, 0.05) is 10.9 Å². The van der Waals surface area contributed by atoms with Crippen molar-refractivity contribution in [3.8, 4) is 11.3 Å². The summed E-state index contributed by atoms with van der Waals surface area (Å²) in [5.41, 5.74) is 2.43. The van der Waals surface area contributed by atoms with E-state index in [0.29, 0.717) is 24.0 Å². The fraction of sp³-hybridized carbons (Fsp3) is 0.227. The van der Waals surface area contributed by atoms with Gasteiger partial charge in [-0.3, -0.25) is 14.5 Å². The SMILES string of the molecule is CCOC(=O)CSCC(=O)N(Cc1ccccc1)c1nc(-c2ccc(F)cc2)cs1. The Bertz CT molecular complexity index is 978. The predicted molar refractivity (Wildman–Crippen MR) is 119 cm³/mol. The first kappa shape index (κ1) is 22.0. The van der Waals surface area contributed by atoms with Crippen molar-refractivity contribution in [2.45, 2.75) is 13.5 Å². The summed E-state index contributed by atoms with van der Waals surface area (Å²) in [4.78, 5) is 30.7. The Morgan fingerprint density at radius 2 is 1.83 bits per heavy atom. The summed E-state index contributed by atoms with van der Waals surface area (Å²) in [6.07, 6.45) is 0. The lowest BCUT2D eigenvalue weighted by Gasteiger charge is -2.20. The highest BCUT2D eigenvalue weighted by molar-refractivity contribution is 8.00. The van der Waals surface area contributed by atoms with Crippen molar-refractivity contribution in [2.24, 2.45) is 0 Å². The Kier molecular flexibility index (Phi) is 7.98. The van der Waals surface area contributed by atoms with Crippen molar-refractivity contribution in [2.75, 3.05) is 23.0 Å². The fourth-order valence-corrected chi connectivity index (χ4v) is 4.21. The van der Waals surface area contributed by atoms with Crippen LogP contribution in [0.15, 0.2) is 60.0 Å². The highest BCUT2D eigenvalue weighted by atomic mass is 32.2. The molecule has 0 aliphatic carbocycles. The first-order valence-electron chi connectivity index (χ1n) is 9.36. The summed E-state index contributed by atoms with van der Waals surface area (Å²) in [6.45, 7) is 2.44. The van der Waals surface area contributed by atoms with Crippen LogP contribution in [0.25, 0.3) is 11.3 Å². The molecule has 0 bridgehead atoms. The molecule has 0 radical (unpaired) electrons. The number of aromatic nitrogens is 1. The van der Waals surface area contributed by atoms with E-state index in [1.807, 2.05) is 35.7 Å². The van der Waals surface area contributed by atoms with Crippen molar-refractivity contribution >= 4 is 40.1 Å². The van der Waals surface area contributed by atoms with Crippen LogP contribution in [-0.2, 0) is 20.9 Å². The van der Waals surface area contributed by atoms with Gasteiger partial charge < -0.3 is 4.74 Å². The van der Waals surface area contributed by atoms with Gasteiger partial charge in [0.15, 0.2) is 5.13 Å². The van der Waals surface area contributed by atoms with Crippen LogP contribution >= 0.6 is 23.1 Å². The minimum absolute atomic E-state index is 0.122. The molecule has 0 unspecified atom stereocenters. The minimum Gasteiger partial charge on any atom is -0.465 e. The van der Waals surface area contributed by atoms with Crippen LogP contribution in [0, 0.1) is 5.82 Å². The number of carbonyl (C=O) groups is 2. The quantitative estimate of drug-likeness (QED) is 0.445. The van der Waals surface area contributed by atoms with E-state index >= 15 is 0 Å². The Balaban J connectivity index is 1.76. The molecule has 156 valence electrons. The Labute approximate surface area is 182 Å². The molecule has 1 heterocycles. The number of amides is 1.